The molecule has 25 heavy (non-hydrogen) atoms. The lowest BCUT2D eigenvalue weighted by Crippen LogP contribution is -2.45. The molecule has 7 heteroatoms. The molecule has 6 nitrogen and oxygen atoms in total. The molecule has 4 rings (SSSR count). The van der Waals surface area contributed by atoms with Crippen molar-refractivity contribution in [1.29, 1.82) is 0 Å². The molecule has 0 bridgehead atoms. The van der Waals surface area contributed by atoms with E-state index in [1.807, 2.05) is 22.4 Å². The van der Waals surface area contributed by atoms with Crippen LogP contribution in [0.2, 0.25) is 0 Å². The molecule has 0 unspecified atom stereocenters. The molecule has 3 heterocycles. The number of likely N-dealkylation sites (tertiary alicyclic amines) is 1. The number of nitrogens with zero attached hydrogens (tertiary/aromatic N) is 3. The van der Waals surface area contributed by atoms with E-state index in [0.717, 1.165) is 30.3 Å². The van der Waals surface area contributed by atoms with Crippen LogP contribution in [0.4, 0.5) is 0 Å². The summed E-state index contributed by atoms with van der Waals surface area (Å²) in [5.74, 6) is 1.44. The van der Waals surface area contributed by atoms with E-state index in [-0.39, 0.29) is 12.5 Å². The summed E-state index contributed by atoms with van der Waals surface area (Å²) in [5, 5.41) is 6.12. The molecule has 0 spiro atoms. The van der Waals surface area contributed by atoms with E-state index in [0.29, 0.717) is 18.2 Å². The summed E-state index contributed by atoms with van der Waals surface area (Å²) in [6.07, 6.45) is 6.64. The normalized spacial score (nSPS) is 23.4. The first kappa shape index (κ1) is 16.6. The van der Waals surface area contributed by atoms with Gasteiger partial charge in [-0.1, -0.05) is 25.3 Å². The first-order valence-electron chi connectivity index (χ1n) is 9.10. The third kappa shape index (κ3) is 3.56. The van der Waals surface area contributed by atoms with Crippen LogP contribution in [-0.4, -0.2) is 33.7 Å². The number of fused-ring (bicyclic) bond motifs is 1. The van der Waals surface area contributed by atoms with Gasteiger partial charge in [0, 0.05) is 19.5 Å². The summed E-state index contributed by atoms with van der Waals surface area (Å²) >= 11 is 1.47. The van der Waals surface area contributed by atoms with Gasteiger partial charge in [-0.15, -0.1) is 16.4 Å². The van der Waals surface area contributed by atoms with Crippen molar-refractivity contribution in [3.63, 3.8) is 0 Å². The topological polar surface area (TPSA) is 68.3 Å². The zero-order chi connectivity index (χ0) is 17.2. The highest BCUT2D eigenvalue weighted by Gasteiger charge is 2.32. The quantitative estimate of drug-likeness (QED) is 0.839. The standard InChI is InChI=1S/C18H23N3O3S/c22-16(20-9-7-13-4-1-2-5-14(13)12-20)8-10-21-18(23)24-17(19-21)15-6-3-11-25-15/h3,6,11,13-14H,1-2,4-5,7-10,12H2/t13-,14-/m1/s1. The van der Waals surface area contributed by atoms with Gasteiger partial charge in [0.05, 0.1) is 11.4 Å². The van der Waals surface area contributed by atoms with Crippen LogP contribution in [0, 0.1) is 11.8 Å². The van der Waals surface area contributed by atoms with E-state index in [4.69, 9.17) is 4.42 Å². The van der Waals surface area contributed by atoms with Crippen LogP contribution >= 0.6 is 11.3 Å². The molecule has 0 N–H and O–H groups in total. The second-order valence-electron chi connectivity index (χ2n) is 7.06. The highest BCUT2D eigenvalue weighted by atomic mass is 32.1. The van der Waals surface area contributed by atoms with Crippen LogP contribution < -0.4 is 5.76 Å². The second-order valence-corrected chi connectivity index (χ2v) is 8.00. The summed E-state index contributed by atoms with van der Waals surface area (Å²) in [6, 6.07) is 3.75. The van der Waals surface area contributed by atoms with Gasteiger partial charge >= 0.3 is 5.76 Å². The van der Waals surface area contributed by atoms with Crippen molar-refractivity contribution in [2.75, 3.05) is 13.1 Å². The number of rotatable bonds is 4. The maximum atomic E-state index is 12.5. The number of piperidine rings is 1. The lowest BCUT2D eigenvalue weighted by molar-refractivity contribution is -0.134. The Bertz CT molecular complexity index is 780. The summed E-state index contributed by atoms with van der Waals surface area (Å²) in [4.78, 5) is 27.3. The van der Waals surface area contributed by atoms with E-state index < -0.39 is 5.76 Å². The van der Waals surface area contributed by atoms with Crippen molar-refractivity contribution < 1.29 is 9.21 Å². The molecule has 134 valence electrons. The van der Waals surface area contributed by atoms with Crippen LogP contribution in [0.15, 0.2) is 26.7 Å². The minimum Gasteiger partial charge on any atom is -0.387 e. The van der Waals surface area contributed by atoms with Gasteiger partial charge in [0.15, 0.2) is 0 Å². The van der Waals surface area contributed by atoms with Crippen molar-refractivity contribution in [1.82, 2.24) is 14.7 Å². The van der Waals surface area contributed by atoms with Gasteiger partial charge in [-0.25, -0.2) is 4.79 Å². The summed E-state index contributed by atoms with van der Waals surface area (Å²) in [6.45, 7) is 2.02. The van der Waals surface area contributed by atoms with Gasteiger partial charge in [0.2, 0.25) is 5.91 Å². The Labute approximate surface area is 150 Å². The predicted octanol–water partition coefficient (Wildman–Crippen LogP) is 2.99. The smallest absolute Gasteiger partial charge is 0.387 e. The lowest BCUT2D eigenvalue weighted by atomic mass is 9.75. The molecule has 2 atom stereocenters. The van der Waals surface area contributed by atoms with E-state index in [1.165, 1.54) is 41.7 Å². The van der Waals surface area contributed by atoms with Crippen molar-refractivity contribution in [3.05, 3.63) is 28.1 Å². The minimum absolute atomic E-state index is 0.122. The molecule has 0 aromatic carbocycles. The number of carbonyl (C=O) groups excluding carboxylic acids is 1. The molecule has 1 saturated carbocycles. The summed E-state index contributed by atoms with van der Waals surface area (Å²) < 4.78 is 6.45. The van der Waals surface area contributed by atoms with E-state index >= 15 is 0 Å². The Hall–Kier alpha value is -1.89. The average Bonchev–Trinajstić information content (AvgIpc) is 3.29. The van der Waals surface area contributed by atoms with Gasteiger partial charge in [0.1, 0.15) is 0 Å². The van der Waals surface area contributed by atoms with Crippen LogP contribution in [0.1, 0.15) is 38.5 Å². The second kappa shape index (κ2) is 7.15. The highest BCUT2D eigenvalue weighted by Crippen LogP contribution is 2.36. The number of aryl methyl sites for hydroxylation is 1. The van der Waals surface area contributed by atoms with E-state index in [9.17, 15) is 9.59 Å². The van der Waals surface area contributed by atoms with Crippen molar-refractivity contribution >= 4 is 17.2 Å². The zero-order valence-electron chi connectivity index (χ0n) is 14.2. The average molecular weight is 361 g/mol. The molecule has 2 fully saturated rings. The highest BCUT2D eigenvalue weighted by molar-refractivity contribution is 7.13. The SMILES string of the molecule is O=C(CCn1nc(-c2cccs2)oc1=O)N1CC[C@H]2CCCC[C@@H]2C1. The molecule has 1 aliphatic heterocycles. The fourth-order valence-corrected chi connectivity index (χ4v) is 4.78. The van der Waals surface area contributed by atoms with Crippen molar-refractivity contribution in [2.24, 2.45) is 11.8 Å². The third-order valence-corrected chi connectivity index (χ3v) is 6.38. The molecule has 2 aliphatic rings. The Balaban J connectivity index is 1.35. The number of hydrogen-bond donors (Lipinski definition) is 0. The molecule has 1 aliphatic carbocycles. The van der Waals surface area contributed by atoms with Crippen LogP contribution in [-0.2, 0) is 11.3 Å². The van der Waals surface area contributed by atoms with Gasteiger partial charge in [-0.2, -0.15) is 4.68 Å². The Morgan fingerprint density at radius 1 is 1.28 bits per heavy atom. The molecule has 0 radical (unpaired) electrons. The van der Waals surface area contributed by atoms with E-state index in [2.05, 4.69) is 5.10 Å². The molecular formula is C18H23N3O3S. The van der Waals surface area contributed by atoms with Gasteiger partial charge in [-0.05, 0) is 36.1 Å². The minimum atomic E-state index is -0.498. The molecule has 1 saturated heterocycles. The number of aromatic nitrogens is 2. The monoisotopic (exact) mass is 361 g/mol. The fraction of sp³-hybridized carbons (Fsp3) is 0.611. The first-order chi connectivity index (χ1) is 12.2. The maximum Gasteiger partial charge on any atom is 0.437 e. The molecule has 1 amide bonds. The van der Waals surface area contributed by atoms with E-state index in [1.54, 1.807) is 0 Å². The van der Waals surface area contributed by atoms with Gasteiger partial charge < -0.3 is 9.32 Å². The molecule has 2 aromatic rings. The zero-order valence-corrected chi connectivity index (χ0v) is 15.0. The fourth-order valence-electron chi connectivity index (χ4n) is 4.13. The number of hydrogen-bond acceptors (Lipinski definition) is 5. The Morgan fingerprint density at radius 2 is 2.12 bits per heavy atom. The molecule has 2 aromatic heterocycles. The number of amides is 1. The third-order valence-electron chi connectivity index (χ3n) is 5.52. The van der Waals surface area contributed by atoms with Crippen molar-refractivity contribution in [3.8, 4) is 10.8 Å². The first-order valence-corrected chi connectivity index (χ1v) is 9.98. The van der Waals surface area contributed by atoms with Crippen LogP contribution in [0.5, 0.6) is 0 Å². The Kier molecular flexibility index (Phi) is 4.74. The largest absolute Gasteiger partial charge is 0.437 e. The van der Waals surface area contributed by atoms with Gasteiger partial charge in [0.25, 0.3) is 5.89 Å². The van der Waals surface area contributed by atoms with Gasteiger partial charge in [-0.3, -0.25) is 4.79 Å². The van der Waals surface area contributed by atoms with Crippen molar-refractivity contribution in [2.45, 2.75) is 45.1 Å². The van der Waals surface area contributed by atoms with Crippen LogP contribution in [0.3, 0.4) is 0 Å². The summed E-state index contributed by atoms with van der Waals surface area (Å²) in [7, 11) is 0. The Morgan fingerprint density at radius 3 is 2.92 bits per heavy atom. The predicted molar refractivity (Wildman–Crippen MR) is 95.3 cm³/mol. The molecular weight excluding hydrogens is 338 g/mol. The number of carbonyl (C=O) groups is 1. The van der Waals surface area contributed by atoms with Crippen LogP contribution in [0.25, 0.3) is 10.8 Å². The lowest BCUT2D eigenvalue weighted by Gasteiger charge is -2.41. The maximum absolute atomic E-state index is 12.5. The summed E-state index contributed by atoms with van der Waals surface area (Å²) in [5.41, 5.74) is 0. The number of thiophene rings is 1.